The lowest BCUT2D eigenvalue weighted by atomic mass is 9.99. The number of allylic oxidation sites excluding steroid dienone is 3. The molecule has 0 aromatic heterocycles. The lowest BCUT2D eigenvalue weighted by Crippen LogP contribution is -2.13. The summed E-state index contributed by atoms with van der Waals surface area (Å²) in [6.45, 7) is 4.33. The first-order valence-electron chi connectivity index (χ1n) is 8.17. The van der Waals surface area contributed by atoms with Crippen molar-refractivity contribution < 1.29 is 19.4 Å². The number of carbonyl (C=O) groups is 1. The first-order valence-corrected chi connectivity index (χ1v) is 8.17. The number of hydrogen-bond donors (Lipinski definition) is 1. The molecule has 1 rings (SSSR count). The Hall–Kier alpha value is -1.39. The molecule has 0 heterocycles. The fourth-order valence-corrected chi connectivity index (χ4v) is 2.11. The first kappa shape index (κ1) is 18.7. The number of unbranched alkanes of at least 4 members (excludes halogenated alkanes) is 1. The van der Waals surface area contributed by atoms with Crippen LogP contribution in [0.15, 0.2) is 36.0 Å². The Balaban J connectivity index is 2.28. The molecule has 0 amide bonds. The molecule has 0 saturated heterocycles. The quantitative estimate of drug-likeness (QED) is 0.232. The summed E-state index contributed by atoms with van der Waals surface area (Å²) < 4.78 is 10.4. The van der Waals surface area contributed by atoms with Crippen molar-refractivity contribution in [2.24, 2.45) is 0 Å². The second-order valence-electron chi connectivity index (χ2n) is 5.50. The van der Waals surface area contributed by atoms with Gasteiger partial charge in [-0.2, -0.15) is 0 Å². The number of hydrogen-bond acceptors (Lipinski definition) is 4. The van der Waals surface area contributed by atoms with Crippen molar-refractivity contribution in [3.05, 3.63) is 36.0 Å². The van der Waals surface area contributed by atoms with Gasteiger partial charge >= 0.3 is 5.97 Å². The molecule has 1 unspecified atom stereocenters. The van der Waals surface area contributed by atoms with Crippen molar-refractivity contribution in [1.29, 1.82) is 0 Å². The topological polar surface area (TPSA) is 55.8 Å². The van der Waals surface area contributed by atoms with Crippen LogP contribution in [0.3, 0.4) is 0 Å². The standard InChI is InChI=1S/C18H28O4/c1-3-4-14-21-17(19)12-10-15(2)22-18(20)13-11-16-8-6-5-7-9-16/h8,10-13,15,17,19H,3-7,9,14H2,1-2H3/b12-10-,13-11+/t15-,17?/m1/s1. The van der Waals surface area contributed by atoms with Crippen LogP contribution in [0.1, 0.15) is 52.4 Å². The molecule has 0 fully saturated rings. The van der Waals surface area contributed by atoms with E-state index in [1.54, 1.807) is 13.0 Å². The third-order valence-electron chi connectivity index (χ3n) is 3.39. The molecule has 0 saturated carbocycles. The summed E-state index contributed by atoms with van der Waals surface area (Å²) >= 11 is 0. The Morgan fingerprint density at radius 3 is 2.91 bits per heavy atom. The SMILES string of the molecule is CCCCOC(O)/C=C\[C@@H](C)OC(=O)/C=C/C1=CCCCC1. The average molecular weight is 308 g/mol. The molecule has 0 aliphatic heterocycles. The first-order chi connectivity index (χ1) is 10.6. The van der Waals surface area contributed by atoms with Crippen LogP contribution in [0, 0.1) is 0 Å². The van der Waals surface area contributed by atoms with Crippen LogP contribution >= 0.6 is 0 Å². The van der Waals surface area contributed by atoms with E-state index in [0.29, 0.717) is 6.61 Å². The second kappa shape index (κ2) is 11.2. The largest absolute Gasteiger partial charge is 0.455 e. The van der Waals surface area contributed by atoms with Crippen LogP contribution in [0.2, 0.25) is 0 Å². The summed E-state index contributed by atoms with van der Waals surface area (Å²) in [6, 6.07) is 0. The third-order valence-corrected chi connectivity index (χ3v) is 3.39. The van der Waals surface area contributed by atoms with Gasteiger partial charge in [0.1, 0.15) is 6.10 Å². The number of carbonyl (C=O) groups excluding carboxylic acids is 1. The van der Waals surface area contributed by atoms with Crippen LogP contribution in [0.4, 0.5) is 0 Å². The van der Waals surface area contributed by atoms with Crippen molar-refractivity contribution in [3.8, 4) is 0 Å². The lowest BCUT2D eigenvalue weighted by molar-refractivity contribution is -0.140. The van der Waals surface area contributed by atoms with E-state index in [1.165, 1.54) is 30.6 Å². The maximum Gasteiger partial charge on any atom is 0.331 e. The van der Waals surface area contributed by atoms with E-state index in [0.717, 1.165) is 25.7 Å². The van der Waals surface area contributed by atoms with E-state index < -0.39 is 12.4 Å². The van der Waals surface area contributed by atoms with Gasteiger partial charge in [-0.15, -0.1) is 0 Å². The van der Waals surface area contributed by atoms with Gasteiger partial charge in [0.25, 0.3) is 0 Å². The van der Waals surface area contributed by atoms with Gasteiger partial charge in [0.05, 0.1) is 6.61 Å². The molecule has 1 aliphatic rings. The summed E-state index contributed by atoms with van der Waals surface area (Å²) in [6.07, 6.45) is 13.7. The summed E-state index contributed by atoms with van der Waals surface area (Å²) in [5.74, 6) is -0.370. The van der Waals surface area contributed by atoms with E-state index >= 15 is 0 Å². The van der Waals surface area contributed by atoms with Crippen molar-refractivity contribution in [2.75, 3.05) is 6.61 Å². The van der Waals surface area contributed by atoms with Gasteiger partial charge in [-0.1, -0.05) is 31.1 Å². The average Bonchev–Trinajstić information content (AvgIpc) is 2.52. The molecule has 2 atom stereocenters. The van der Waals surface area contributed by atoms with Gasteiger partial charge in [0, 0.05) is 6.08 Å². The lowest BCUT2D eigenvalue weighted by Gasteiger charge is -2.10. The van der Waals surface area contributed by atoms with Crippen LogP contribution in [-0.2, 0) is 14.3 Å². The fourth-order valence-electron chi connectivity index (χ4n) is 2.11. The van der Waals surface area contributed by atoms with E-state index in [9.17, 15) is 9.90 Å². The minimum absolute atomic E-state index is 0.370. The summed E-state index contributed by atoms with van der Waals surface area (Å²) in [4.78, 5) is 11.7. The highest BCUT2D eigenvalue weighted by Crippen LogP contribution is 2.18. The van der Waals surface area contributed by atoms with Crippen LogP contribution in [0.25, 0.3) is 0 Å². The van der Waals surface area contributed by atoms with Crippen LogP contribution in [-0.4, -0.2) is 30.1 Å². The zero-order chi connectivity index (χ0) is 16.2. The second-order valence-corrected chi connectivity index (χ2v) is 5.50. The van der Waals surface area contributed by atoms with Gasteiger partial charge in [-0.25, -0.2) is 4.79 Å². The molecule has 0 aromatic rings. The zero-order valence-electron chi connectivity index (χ0n) is 13.7. The van der Waals surface area contributed by atoms with E-state index in [-0.39, 0.29) is 5.97 Å². The zero-order valence-corrected chi connectivity index (χ0v) is 13.7. The van der Waals surface area contributed by atoms with Crippen molar-refractivity contribution >= 4 is 5.97 Å². The van der Waals surface area contributed by atoms with Gasteiger partial charge in [-0.3, -0.25) is 0 Å². The monoisotopic (exact) mass is 308 g/mol. The van der Waals surface area contributed by atoms with Crippen LogP contribution < -0.4 is 0 Å². The molecule has 0 aromatic carbocycles. The maximum absolute atomic E-state index is 11.7. The highest BCUT2D eigenvalue weighted by Gasteiger charge is 2.06. The smallest absolute Gasteiger partial charge is 0.331 e. The molecule has 22 heavy (non-hydrogen) atoms. The normalized spacial score (nSPS) is 18.4. The van der Waals surface area contributed by atoms with E-state index in [1.807, 2.05) is 6.08 Å². The van der Waals surface area contributed by atoms with Crippen molar-refractivity contribution in [1.82, 2.24) is 0 Å². The summed E-state index contributed by atoms with van der Waals surface area (Å²) in [5.41, 5.74) is 1.20. The Morgan fingerprint density at radius 2 is 2.23 bits per heavy atom. The molecule has 0 radical (unpaired) electrons. The van der Waals surface area contributed by atoms with Gasteiger partial charge in [0.2, 0.25) is 0 Å². The molecule has 124 valence electrons. The minimum Gasteiger partial charge on any atom is -0.455 e. The third kappa shape index (κ3) is 8.80. The Labute approximate surface area is 133 Å². The van der Waals surface area contributed by atoms with Gasteiger partial charge in [-0.05, 0) is 51.2 Å². The summed E-state index contributed by atoms with van der Waals surface area (Å²) in [7, 11) is 0. The molecule has 4 nitrogen and oxygen atoms in total. The predicted molar refractivity (Wildman–Crippen MR) is 87.3 cm³/mol. The maximum atomic E-state index is 11.7. The Kier molecular flexibility index (Phi) is 9.51. The van der Waals surface area contributed by atoms with Gasteiger partial charge < -0.3 is 14.6 Å². The number of aliphatic hydroxyl groups excluding tert-OH is 1. The van der Waals surface area contributed by atoms with Crippen molar-refractivity contribution in [2.45, 2.75) is 64.8 Å². The Bertz CT molecular complexity index is 409. The molecular weight excluding hydrogens is 280 g/mol. The van der Waals surface area contributed by atoms with E-state index in [2.05, 4.69) is 13.0 Å². The van der Waals surface area contributed by atoms with Crippen LogP contribution in [0.5, 0.6) is 0 Å². The van der Waals surface area contributed by atoms with E-state index in [4.69, 9.17) is 9.47 Å². The molecule has 1 aliphatic carbocycles. The number of esters is 1. The molecule has 1 N–H and O–H groups in total. The number of ether oxygens (including phenoxy) is 2. The molecular formula is C18H28O4. The molecule has 4 heteroatoms. The highest BCUT2D eigenvalue weighted by atomic mass is 16.6. The highest BCUT2D eigenvalue weighted by molar-refractivity contribution is 5.82. The number of rotatable bonds is 9. The minimum atomic E-state index is -0.948. The molecule has 0 spiro atoms. The van der Waals surface area contributed by atoms with Gasteiger partial charge in [0.15, 0.2) is 6.29 Å². The van der Waals surface area contributed by atoms with Crippen molar-refractivity contribution in [3.63, 3.8) is 0 Å². The Morgan fingerprint density at radius 1 is 1.41 bits per heavy atom. The molecule has 0 bridgehead atoms. The fraction of sp³-hybridized carbons (Fsp3) is 0.611. The number of aliphatic hydroxyl groups is 1. The predicted octanol–water partition coefficient (Wildman–Crippen LogP) is 3.67. The summed E-state index contributed by atoms with van der Waals surface area (Å²) in [5, 5.41) is 9.56.